The van der Waals surface area contributed by atoms with Gasteiger partial charge >= 0.3 is 0 Å². The van der Waals surface area contributed by atoms with Crippen molar-refractivity contribution in [2.75, 3.05) is 13.6 Å². The van der Waals surface area contributed by atoms with E-state index >= 15 is 0 Å². The average Bonchev–Trinajstić information content (AvgIpc) is 2.81. The van der Waals surface area contributed by atoms with Crippen LogP contribution in [0.5, 0.6) is 0 Å². The molecule has 0 spiro atoms. The first kappa shape index (κ1) is 14.5. The van der Waals surface area contributed by atoms with Gasteiger partial charge in [0.1, 0.15) is 0 Å². The Balaban J connectivity index is 2.06. The molecule has 1 atom stereocenters. The minimum atomic E-state index is 0.0542. The molecule has 0 bridgehead atoms. The van der Waals surface area contributed by atoms with E-state index in [0.717, 1.165) is 17.7 Å². The van der Waals surface area contributed by atoms with Gasteiger partial charge in [-0.1, -0.05) is 19.1 Å². The van der Waals surface area contributed by atoms with Gasteiger partial charge in [-0.15, -0.1) is 11.3 Å². The molecule has 1 aliphatic rings. The summed E-state index contributed by atoms with van der Waals surface area (Å²) >= 11 is 6.60. The summed E-state index contributed by atoms with van der Waals surface area (Å²) in [4.78, 5) is 16.8. The van der Waals surface area contributed by atoms with E-state index in [1.165, 1.54) is 23.3 Å². The number of carbonyl (C=O) groups is 1. The van der Waals surface area contributed by atoms with Crippen LogP contribution in [0.3, 0.4) is 0 Å². The smallest absolute Gasteiger partial charge is 0.263 e. The molecule has 2 rings (SSSR count). The summed E-state index contributed by atoms with van der Waals surface area (Å²) < 4.78 is 0. The summed E-state index contributed by atoms with van der Waals surface area (Å²) in [6.07, 6.45) is 4.73. The Kier molecular flexibility index (Phi) is 4.58. The Labute approximate surface area is 123 Å². The van der Waals surface area contributed by atoms with Gasteiger partial charge in [-0.05, 0) is 37.3 Å². The standard InChI is InChI=1S/C14H20N2OS2/c1-9(13(15)18)8-16(2)14(17)12-7-10-5-3-4-6-11(10)19-12/h7,9H,3-6,8H2,1-2H3,(H2,15,18). The zero-order chi connectivity index (χ0) is 14.0. The monoisotopic (exact) mass is 296 g/mol. The number of rotatable bonds is 4. The fourth-order valence-electron chi connectivity index (χ4n) is 2.37. The fraction of sp³-hybridized carbons (Fsp3) is 0.571. The van der Waals surface area contributed by atoms with Gasteiger partial charge in [-0.3, -0.25) is 4.79 Å². The van der Waals surface area contributed by atoms with Gasteiger partial charge in [0.25, 0.3) is 5.91 Å². The number of nitrogens with two attached hydrogens (primary N) is 1. The van der Waals surface area contributed by atoms with Crippen molar-refractivity contribution in [2.24, 2.45) is 11.7 Å². The first-order chi connectivity index (χ1) is 8.99. The minimum Gasteiger partial charge on any atom is -0.393 e. The molecule has 1 unspecified atom stereocenters. The van der Waals surface area contributed by atoms with Gasteiger partial charge in [0.05, 0.1) is 9.87 Å². The zero-order valence-corrected chi connectivity index (χ0v) is 13.1. The highest BCUT2D eigenvalue weighted by molar-refractivity contribution is 7.80. The summed E-state index contributed by atoms with van der Waals surface area (Å²) in [5.41, 5.74) is 6.97. The van der Waals surface area contributed by atoms with Crippen LogP contribution in [0.2, 0.25) is 0 Å². The Morgan fingerprint density at radius 2 is 2.21 bits per heavy atom. The van der Waals surface area contributed by atoms with Gasteiger partial charge in [0.15, 0.2) is 0 Å². The van der Waals surface area contributed by atoms with Crippen molar-refractivity contribution in [3.05, 3.63) is 21.4 Å². The van der Waals surface area contributed by atoms with E-state index < -0.39 is 0 Å². The van der Waals surface area contributed by atoms with Crippen LogP contribution in [0.25, 0.3) is 0 Å². The Bertz CT molecular complexity index is 472. The van der Waals surface area contributed by atoms with Crippen molar-refractivity contribution in [3.8, 4) is 0 Å². The van der Waals surface area contributed by atoms with Crippen LogP contribution in [0.1, 0.15) is 39.9 Å². The van der Waals surface area contributed by atoms with E-state index in [0.29, 0.717) is 11.5 Å². The number of amides is 1. The van der Waals surface area contributed by atoms with Crippen LogP contribution in [-0.2, 0) is 12.8 Å². The maximum atomic E-state index is 12.4. The quantitative estimate of drug-likeness (QED) is 0.869. The first-order valence-corrected chi connectivity index (χ1v) is 7.88. The lowest BCUT2D eigenvalue weighted by atomic mass is 9.99. The van der Waals surface area contributed by atoms with Gasteiger partial charge in [-0.2, -0.15) is 0 Å². The highest BCUT2D eigenvalue weighted by atomic mass is 32.1. The number of fused-ring (bicyclic) bond motifs is 1. The van der Waals surface area contributed by atoms with Gasteiger partial charge in [0.2, 0.25) is 0 Å². The van der Waals surface area contributed by atoms with E-state index in [1.807, 2.05) is 14.0 Å². The second-order valence-electron chi connectivity index (χ2n) is 5.26. The lowest BCUT2D eigenvalue weighted by Gasteiger charge is -2.20. The fourth-order valence-corrected chi connectivity index (χ4v) is 3.69. The molecule has 19 heavy (non-hydrogen) atoms. The molecule has 1 aliphatic carbocycles. The molecule has 2 N–H and O–H groups in total. The molecule has 0 saturated carbocycles. The number of hydrogen-bond acceptors (Lipinski definition) is 3. The third-order valence-electron chi connectivity index (χ3n) is 3.59. The van der Waals surface area contributed by atoms with Crippen molar-refractivity contribution < 1.29 is 4.79 Å². The lowest BCUT2D eigenvalue weighted by molar-refractivity contribution is 0.0791. The highest BCUT2D eigenvalue weighted by Gasteiger charge is 2.21. The van der Waals surface area contributed by atoms with E-state index in [1.54, 1.807) is 16.2 Å². The number of thiocarbonyl (C=S) groups is 1. The Morgan fingerprint density at radius 1 is 1.53 bits per heavy atom. The van der Waals surface area contributed by atoms with Crippen molar-refractivity contribution in [1.29, 1.82) is 0 Å². The van der Waals surface area contributed by atoms with Crippen molar-refractivity contribution >= 4 is 34.5 Å². The van der Waals surface area contributed by atoms with E-state index in [9.17, 15) is 4.79 Å². The predicted molar refractivity (Wildman–Crippen MR) is 83.9 cm³/mol. The molecule has 104 valence electrons. The molecule has 0 radical (unpaired) electrons. The number of thiophene rings is 1. The number of aryl methyl sites for hydroxylation is 2. The predicted octanol–water partition coefficient (Wildman–Crippen LogP) is 2.62. The van der Waals surface area contributed by atoms with E-state index in [4.69, 9.17) is 18.0 Å². The maximum absolute atomic E-state index is 12.4. The van der Waals surface area contributed by atoms with Gasteiger partial charge < -0.3 is 10.6 Å². The van der Waals surface area contributed by atoms with Crippen molar-refractivity contribution in [2.45, 2.75) is 32.6 Å². The van der Waals surface area contributed by atoms with Crippen LogP contribution in [0.4, 0.5) is 0 Å². The van der Waals surface area contributed by atoms with Crippen molar-refractivity contribution in [1.82, 2.24) is 4.90 Å². The molecule has 1 amide bonds. The van der Waals surface area contributed by atoms with Crippen molar-refractivity contribution in [3.63, 3.8) is 0 Å². The average molecular weight is 296 g/mol. The Morgan fingerprint density at radius 3 is 2.84 bits per heavy atom. The lowest BCUT2D eigenvalue weighted by Crippen LogP contribution is -2.35. The molecule has 1 aromatic rings. The molecular weight excluding hydrogens is 276 g/mol. The van der Waals surface area contributed by atoms with Crippen LogP contribution in [-0.4, -0.2) is 29.4 Å². The van der Waals surface area contributed by atoms with Crippen LogP contribution < -0.4 is 5.73 Å². The molecule has 0 aromatic carbocycles. The summed E-state index contributed by atoms with van der Waals surface area (Å²) in [7, 11) is 1.82. The van der Waals surface area contributed by atoms with E-state index in [-0.39, 0.29) is 11.8 Å². The summed E-state index contributed by atoms with van der Waals surface area (Å²) in [6.45, 7) is 2.53. The Hall–Kier alpha value is -0.940. The molecule has 0 saturated heterocycles. The summed E-state index contributed by atoms with van der Waals surface area (Å²) in [5.74, 6) is 0.140. The summed E-state index contributed by atoms with van der Waals surface area (Å²) in [5, 5.41) is 0. The third kappa shape index (κ3) is 3.34. The highest BCUT2D eigenvalue weighted by Crippen LogP contribution is 2.30. The maximum Gasteiger partial charge on any atom is 0.263 e. The normalized spacial score (nSPS) is 15.7. The van der Waals surface area contributed by atoms with Crippen LogP contribution in [0, 0.1) is 5.92 Å². The van der Waals surface area contributed by atoms with Crippen LogP contribution >= 0.6 is 23.6 Å². The molecular formula is C14H20N2OS2. The molecule has 0 fully saturated rings. The minimum absolute atomic E-state index is 0.0542. The SMILES string of the molecule is CC(CN(C)C(=O)c1cc2c(s1)CCCC2)C(N)=S. The number of nitrogens with zero attached hydrogens (tertiary/aromatic N) is 1. The van der Waals surface area contributed by atoms with Gasteiger partial charge in [-0.25, -0.2) is 0 Å². The van der Waals surface area contributed by atoms with Gasteiger partial charge in [0, 0.05) is 24.4 Å². The number of hydrogen-bond donors (Lipinski definition) is 1. The molecule has 1 heterocycles. The van der Waals surface area contributed by atoms with E-state index in [2.05, 4.69) is 6.07 Å². The molecule has 5 heteroatoms. The molecule has 3 nitrogen and oxygen atoms in total. The molecule has 0 aliphatic heterocycles. The second kappa shape index (κ2) is 6.01. The summed E-state index contributed by atoms with van der Waals surface area (Å²) in [6, 6.07) is 2.07. The number of carbonyl (C=O) groups excluding carboxylic acids is 1. The first-order valence-electron chi connectivity index (χ1n) is 6.65. The topological polar surface area (TPSA) is 46.3 Å². The largest absolute Gasteiger partial charge is 0.393 e. The van der Waals surface area contributed by atoms with Crippen LogP contribution in [0.15, 0.2) is 6.07 Å². The zero-order valence-electron chi connectivity index (χ0n) is 11.4. The third-order valence-corrected chi connectivity index (χ3v) is 5.21. The second-order valence-corrected chi connectivity index (χ2v) is 6.86. The molecule has 1 aromatic heterocycles.